The van der Waals surface area contributed by atoms with Gasteiger partial charge in [-0.25, -0.2) is 9.37 Å². The van der Waals surface area contributed by atoms with Crippen LogP contribution in [0.5, 0.6) is 0 Å². The van der Waals surface area contributed by atoms with E-state index >= 15 is 0 Å². The Balaban J connectivity index is 2.39. The van der Waals surface area contributed by atoms with Crippen LogP contribution in [-0.2, 0) is 0 Å². The number of aryl methyl sites for hydroxylation is 1. The second-order valence-corrected chi connectivity index (χ2v) is 4.24. The summed E-state index contributed by atoms with van der Waals surface area (Å²) in [7, 11) is 0. The first-order valence-electron chi connectivity index (χ1n) is 5.31. The zero-order chi connectivity index (χ0) is 14.0. The van der Waals surface area contributed by atoms with Gasteiger partial charge in [-0.3, -0.25) is 10.1 Å². The topological polar surface area (TPSA) is 68.1 Å². The third-order valence-electron chi connectivity index (χ3n) is 2.46. The summed E-state index contributed by atoms with van der Waals surface area (Å²) < 4.78 is 13.1. The van der Waals surface area contributed by atoms with Crippen LogP contribution >= 0.6 is 11.6 Å². The van der Waals surface area contributed by atoms with Gasteiger partial charge in [-0.05, 0) is 36.8 Å². The Hall–Kier alpha value is -2.21. The average molecular weight is 282 g/mol. The van der Waals surface area contributed by atoms with Gasteiger partial charge in [-0.1, -0.05) is 11.6 Å². The minimum Gasteiger partial charge on any atom is -0.334 e. The normalized spacial score (nSPS) is 10.3. The highest BCUT2D eigenvalue weighted by molar-refractivity contribution is 6.29. The number of aromatic nitrogens is 1. The molecule has 0 radical (unpaired) electrons. The highest BCUT2D eigenvalue weighted by atomic mass is 35.5. The van der Waals surface area contributed by atoms with Crippen molar-refractivity contribution in [3.8, 4) is 0 Å². The van der Waals surface area contributed by atoms with Crippen LogP contribution in [0.25, 0.3) is 0 Å². The molecular weight excluding hydrogens is 273 g/mol. The first-order valence-corrected chi connectivity index (χ1v) is 5.69. The predicted molar refractivity (Wildman–Crippen MR) is 70.3 cm³/mol. The van der Waals surface area contributed by atoms with Gasteiger partial charge in [-0.2, -0.15) is 0 Å². The van der Waals surface area contributed by atoms with Gasteiger partial charge in [0.25, 0.3) is 0 Å². The van der Waals surface area contributed by atoms with Crippen molar-refractivity contribution in [2.24, 2.45) is 0 Å². The maximum Gasteiger partial charge on any atom is 0.311 e. The highest BCUT2D eigenvalue weighted by Gasteiger charge is 2.16. The largest absolute Gasteiger partial charge is 0.334 e. The summed E-state index contributed by atoms with van der Waals surface area (Å²) in [5.41, 5.74) is 0.720. The van der Waals surface area contributed by atoms with E-state index in [4.69, 9.17) is 11.6 Å². The molecule has 0 spiro atoms. The van der Waals surface area contributed by atoms with Crippen molar-refractivity contribution in [1.82, 2.24) is 4.98 Å². The van der Waals surface area contributed by atoms with E-state index in [0.717, 1.165) is 0 Å². The van der Waals surface area contributed by atoms with E-state index in [1.54, 1.807) is 6.92 Å². The molecule has 0 aliphatic rings. The van der Waals surface area contributed by atoms with Crippen molar-refractivity contribution >= 4 is 28.8 Å². The van der Waals surface area contributed by atoms with Gasteiger partial charge in [-0.15, -0.1) is 0 Å². The third-order valence-corrected chi connectivity index (χ3v) is 2.67. The Bertz CT molecular complexity index is 649. The summed E-state index contributed by atoms with van der Waals surface area (Å²) in [5.74, 6) is -0.331. The van der Waals surface area contributed by atoms with Crippen LogP contribution in [0.4, 0.5) is 21.6 Å². The van der Waals surface area contributed by atoms with Crippen LogP contribution in [0.3, 0.4) is 0 Å². The van der Waals surface area contributed by atoms with E-state index in [-0.39, 0.29) is 22.5 Å². The smallest absolute Gasteiger partial charge is 0.311 e. The number of anilines is 2. The molecule has 5 nitrogen and oxygen atoms in total. The van der Waals surface area contributed by atoms with Gasteiger partial charge in [0, 0.05) is 11.8 Å². The molecule has 19 heavy (non-hydrogen) atoms. The lowest BCUT2D eigenvalue weighted by atomic mass is 10.2. The molecule has 0 unspecified atom stereocenters. The molecule has 2 rings (SSSR count). The van der Waals surface area contributed by atoms with Crippen LogP contribution in [0.2, 0.25) is 5.15 Å². The molecule has 98 valence electrons. The van der Waals surface area contributed by atoms with Gasteiger partial charge in [0.1, 0.15) is 11.0 Å². The van der Waals surface area contributed by atoms with Crippen LogP contribution < -0.4 is 5.32 Å². The lowest BCUT2D eigenvalue weighted by molar-refractivity contribution is -0.384. The van der Waals surface area contributed by atoms with Gasteiger partial charge < -0.3 is 5.32 Å². The summed E-state index contributed by atoms with van der Waals surface area (Å²) in [6.07, 6.45) is 0. The van der Waals surface area contributed by atoms with E-state index in [1.807, 2.05) is 0 Å². The van der Waals surface area contributed by atoms with E-state index in [1.165, 1.54) is 30.3 Å². The summed E-state index contributed by atoms with van der Waals surface area (Å²) >= 11 is 5.71. The van der Waals surface area contributed by atoms with Crippen molar-refractivity contribution in [2.45, 2.75) is 6.92 Å². The first-order chi connectivity index (χ1) is 8.97. The molecule has 0 fully saturated rings. The van der Waals surface area contributed by atoms with Crippen LogP contribution in [-0.4, -0.2) is 9.91 Å². The Morgan fingerprint density at radius 3 is 2.74 bits per heavy atom. The summed E-state index contributed by atoms with van der Waals surface area (Å²) in [6.45, 7) is 1.60. The summed E-state index contributed by atoms with van der Waals surface area (Å²) in [6, 6.07) is 6.86. The Labute approximate surface area is 113 Å². The van der Waals surface area contributed by atoms with E-state index in [2.05, 4.69) is 10.3 Å². The van der Waals surface area contributed by atoms with E-state index in [0.29, 0.717) is 11.3 Å². The van der Waals surface area contributed by atoms with Crippen LogP contribution in [0.15, 0.2) is 30.3 Å². The lowest BCUT2D eigenvalue weighted by Crippen LogP contribution is -2.00. The molecule has 7 heteroatoms. The second kappa shape index (κ2) is 5.19. The van der Waals surface area contributed by atoms with Crippen molar-refractivity contribution in [1.29, 1.82) is 0 Å². The second-order valence-electron chi connectivity index (χ2n) is 3.85. The first kappa shape index (κ1) is 13.2. The average Bonchev–Trinajstić information content (AvgIpc) is 2.33. The number of pyridine rings is 1. The van der Waals surface area contributed by atoms with E-state index in [9.17, 15) is 14.5 Å². The molecular formula is C12H9ClFN3O2. The fraction of sp³-hybridized carbons (Fsp3) is 0.0833. The maximum absolute atomic E-state index is 13.1. The number of hydrogen-bond donors (Lipinski definition) is 1. The molecule has 1 aromatic carbocycles. The number of nitro groups is 1. The molecule has 2 aromatic rings. The monoisotopic (exact) mass is 281 g/mol. The minimum absolute atomic E-state index is 0.0171. The molecule has 1 N–H and O–H groups in total. The molecule has 0 amide bonds. The minimum atomic E-state index is -0.567. The predicted octanol–water partition coefficient (Wildman–Crippen LogP) is 3.83. The number of benzene rings is 1. The molecule has 1 aromatic heterocycles. The number of nitrogens with one attached hydrogen (secondary N) is 1. The molecule has 0 bridgehead atoms. The van der Waals surface area contributed by atoms with Gasteiger partial charge in [0.15, 0.2) is 0 Å². The van der Waals surface area contributed by atoms with Crippen LogP contribution in [0, 0.1) is 22.9 Å². The van der Waals surface area contributed by atoms with Crippen molar-refractivity contribution in [2.75, 3.05) is 5.32 Å². The van der Waals surface area contributed by atoms with Gasteiger partial charge in [0.2, 0.25) is 5.82 Å². The maximum atomic E-state index is 13.1. The van der Waals surface area contributed by atoms with Crippen LogP contribution in [0.1, 0.15) is 5.56 Å². The Morgan fingerprint density at radius 2 is 2.11 bits per heavy atom. The zero-order valence-corrected chi connectivity index (χ0v) is 10.6. The molecule has 0 aliphatic heterocycles. The SMILES string of the molecule is Cc1cc(Nc2nc(Cl)ccc2[N+](=O)[O-])ccc1F. The molecule has 1 heterocycles. The standard InChI is InChI=1S/C12H9ClFN3O2/c1-7-6-8(2-3-9(7)14)15-12-10(17(18)19)4-5-11(13)16-12/h2-6H,1H3,(H,15,16). The lowest BCUT2D eigenvalue weighted by Gasteiger charge is -2.07. The van der Waals surface area contributed by atoms with Gasteiger partial charge in [0.05, 0.1) is 4.92 Å². The zero-order valence-electron chi connectivity index (χ0n) is 9.85. The van der Waals surface area contributed by atoms with E-state index < -0.39 is 4.92 Å². The number of hydrogen-bond acceptors (Lipinski definition) is 4. The molecule has 0 atom stereocenters. The third kappa shape index (κ3) is 2.97. The molecule has 0 saturated carbocycles. The summed E-state index contributed by atoms with van der Waals surface area (Å²) in [5, 5.41) is 13.8. The fourth-order valence-electron chi connectivity index (χ4n) is 1.53. The van der Waals surface area contributed by atoms with Crippen molar-refractivity contribution < 1.29 is 9.31 Å². The molecule has 0 aliphatic carbocycles. The quantitative estimate of drug-likeness (QED) is 0.527. The van der Waals surface area contributed by atoms with Crippen molar-refractivity contribution in [3.63, 3.8) is 0 Å². The Morgan fingerprint density at radius 1 is 1.37 bits per heavy atom. The Kier molecular flexibility index (Phi) is 3.62. The molecule has 0 saturated heterocycles. The number of rotatable bonds is 3. The van der Waals surface area contributed by atoms with Gasteiger partial charge >= 0.3 is 5.69 Å². The fourth-order valence-corrected chi connectivity index (χ4v) is 1.67. The summed E-state index contributed by atoms with van der Waals surface area (Å²) in [4.78, 5) is 14.2. The number of halogens is 2. The van der Waals surface area contributed by atoms with Crippen molar-refractivity contribution in [3.05, 3.63) is 57.0 Å². The highest BCUT2D eigenvalue weighted by Crippen LogP contribution is 2.27. The number of nitrogens with zero attached hydrogens (tertiary/aromatic N) is 2.